The molecule has 2 aromatic rings. The van der Waals surface area contributed by atoms with E-state index in [0.29, 0.717) is 12.1 Å². The summed E-state index contributed by atoms with van der Waals surface area (Å²) in [5.41, 5.74) is 7.92. The number of hydrogen-bond donors (Lipinski definition) is 1. The predicted octanol–water partition coefficient (Wildman–Crippen LogP) is 3.87. The number of benzene rings is 2. The third kappa shape index (κ3) is 3.58. The number of anilines is 1. The number of rotatable bonds is 5. The lowest BCUT2D eigenvalue weighted by atomic mass is 10.1. The molecule has 0 unspecified atom stereocenters. The lowest BCUT2D eigenvalue weighted by Gasteiger charge is -2.31. The minimum Gasteiger partial charge on any atom is -0.389 e. The molecule has 0 heterocycles. The highest BCUT2D eigenvalue weighted by Gasteiger charge is 2.19. The molecule has 4 heteroatoms. The Hall–Kier alpha value is -1.94. The van der Waals surface area contributed by atoms with Crippen molar-refractivity contribution in [3.05, 3.63) is 65.5 Å². The second-order valence-electron chi connectivity index (χ2n) is 5.21. The molecule has 0 amide bonds. The van der Waals surface area contributed by atoms with Gasteiger partial charge in [-0.05, 0) is 31.5 Å². The smallest absolute Gasteiger partial charge is 0.135 e. The van der Waals surface area contributed by atoms with Gasteiger partial charge in [0, 0.05) is 12.6 Å². The van der Waals surface area contributed by atoms with Crippen LogP contribution in [0.4, 0.5) is 10.1 Å². The van der Waals surface area contributed by atoms with Crippen LogP contribution in [0.5, 0.6) is 0 Å². The van der Waals surface area contributed by atoms with E-state index in [1.807, 2.05) is 24.3 Å². The quantitative estimate of drug-likeness (QED) is 0.850. The molecule has 0 spiro atoms. The summed E-state index contributed by atoms with van der Waals surface area (Å²) in [6.07, 6.45) is 0. The zero-order valence-corrected chi connectivity index (χ0v) is 13.0. The van der Waals surface area contributed by atoms with E-state index in [1.54, 1.807) is 6.07 Å². The molecular formula is C17H19FN2S. The molecule has 0 aliphatic rings. The lowest BCUT2D eigenvalue weighted by Crippen LogP contribution is -2.32. The Morgan fingerprint density at radius 3 is 2.38 bits per heavy atom. The molecule has 21 heavy (non-hydrogen) atoms. The summed E-state index contributed by atoms with van der Waals surface area (Å²) >= 11 is 5.02. The largest absolute Gasteiger partial charge is 0.389 e. The van der Waals surface area contributed by atoms with Crippen LogP contribution in [0.2, 0.25) is 0 Å². The van der Waals surface area contributed by atoms with Crippen LogP contribution >= 0.6 is 12.2 Å². The fraction of sp³-hybridized carbons (Fsp3) is 0.235. The lowest BCUT2D eigenvalue weighted by molar-refractivity contribution is 0.619. The topological polar surface area (TPSA) is 29.3 Å². The summed E-state index contributed by atoms with van der Waals surface area (Å²) in [5, 5.41) is 0. The molecule has 0 radical (unpaired) electrons. The Kier molecular flexibility index (Phi) is 4.91. The molecule has 2 rings (SSSR count). The van der Waals surface area contributed by atoms with E-state index >= 15 is 0 Å². The fourth-order valence-electron chi connectivity index (χ4n) is 2.32. The van der Waals surface area contributed by atoms with Crippen LogP contribution in [0.1, 0.15) is 25.0 Å². The van der Waals surface area contributed by atoms with Gasteiger partial charge in [-0.3, -0.25) is 0 Å². The Morgan fingerprint density at radius 1 is 1.14 bits per heavy atom. The van der Waals surface area contributed by atoms with Crippen molar-refractivity contribution < 1.29 is 4.39 Å². The molecule has 2 N–H and O–H groups in total. The Morgan fingerprint density at radius 2 is 1.81 bits per heavy atom. The summed E-state index contributed by atoms with van der Waals surface area (Å²) in [5.74, 6) is -0.376. The summed E-state index contributed by atoms with van der Waals surface area (Å²) in [6.45, 7) is 4.81. The molecule has 2 nitrogen and oxygen atoms in total. The van der Waals surface area contributed by atoms with Crippen molar-refractivity contribution >= 4 is 22.9 Å². The van der Waals surface area contributed by atoms with Gasteiger partial charge in [-0.1, -0.05) is 48.6 Å². The maximum atomic E-state index is 14.1. The highest BCUT2D eigenvalue weighted by atomic mass is 32.1. The van der Waals surface area contributed by atoms with Crippen molar-refractivity contribution in [1.82, 2.24) is 0 Å². The number of nitrogens with two attached hydrogens (primary N) is 1. The van der Waals surface area contributed by atoms with Crippen LogP contribution < -0.4 is 10.6 Å². The summed E-state index contributed by atoms with van der Waals surface area (Å²) in [7, 11) is 0. The second-order valence-corrected chi connectivity index (χ2v) is 5.65. The fourth-order valence-corrected chi connectivity index (χ4v) is 2.52. The predicted molar refractivity (Wildman–Crippen MR) is 90.0 cm³/mol. The second kappa shape index (κ2) is 6.68. The first kappa shape index (κ1) is 15.4. The molecule has 0 fully saturated rings. The van der Waals surface area contributed by atoms with Gasteiger partial charge < -0.3 is 10.6 Å². The van der Waals surface area contributed by atoms with Crippen molar-refractivity contribution in [3.63, 3.8) is 0 Å². The number of thiocarbonyl (C=S) groups is 1. The van der Waals surface area contributed by atoms with E-state index in [1.165, 1.54) is 6.07 Å². The van der Waals surface area contributed by atoms with Crippen molar-refractivity contribution in [2.75, 3.05) is 4.90 Å². The van der Waals surface area contributed by atoms with Crippen molar-refractivity contribution in [3.8, 4) is 0 Å². The van der Waals surface area contributed by atoms with E-state index in [9.17, 15) is 4.39 Å². The van der Waals surface area contributed by atoms with E-state index in [0.717, 1.165) is 11.3 Å². The van der Waals surface area contributed by atoms with E-state index in [-0.39, 0.29) is 16.8 Å². The van der Waals surface area contributed by atoms with Crippen LogP contribution in [0.25, 0.3) is 0 Å². The van der Waals surface area contributed by atoms with E-state index in [4.69, 9.17) is 18.0 Å². The van der Waals surface area contributed by atoms with E-state index in [2.05, 4.69) is 30.9 Å². The van der Waals surface area contributed by atoms with Crippen LogP contribution in [-0.4, -0.2) is 11.0 Å². The highest BCUT2D eigenvalue weighted by Crippen LogP contribution is 2.26. The first-order chi connectivity index (χ1) is 10.0. The summed E-state index contributed by atoms with van der Waals surface area (Å²) < 4.78 is 14.1. The van der Waals surface area contributed by atoms with Gasteiger partial charge in [0.2, 0.25) is 0 Å². The summed E-state index contributed by atoms with van der Waals surface area (Å²) in [6, 6.07) is 15.2. The third-order valence-electron chi connectivity index (χ3n) is 3.37. The van der Waals surface area contributed by atoms with E-state index < -0.39 is 0 Å². The minimum absolute atomic E-state index is 0.0850. The molecule has 110 valence electrons. The van der Waals surface area contributed by atoms with Crippen molar-refractivity contribution in [1.29, 1.82) is 0 Å². The van der Waals surface area contributed by atoms with Crippen LogP contribution in [0.3, 0.4) is 0 Å². The molecule has 0 aliphatic heterocycles. The Bertz CT molecular complexity index is 626. The zero-order chi connectivity index (χ0) is 15.4. The minimum atomic E-state index is -0.376. The van der Waals surface area contributed by atoms with Gasteiger partial charge in [-0.25, -0.2) is 4.39 Å². The monoisotopic (exact) mass is 302 g/mol. The first-order valence-electron chi connectivity index (χ1n) is 6.89. The molecular weight excluding hydrogens is 283 g/mol. The molecule has 0 saturated heterocycles. The SMILES string of the molecule is CC(C)N(Cc1ccccc1)c1cccc(F)c1C(N)=S. The average Bonchev–Trinajstić information content (AvgIpc) is 2.45. The number of hydrogen-bond acceptors (Lipinski definition) is 2. The number of nitrogens with zero attached hydrogens (tertiary/aromatic N) is 1. The third-order valence-corrected chi connectivity index (χ3v) is 3.57. The highest BCUT2D eigenvalue weighted by molar-refractivity contribution is 7.80. The maximum Gasteiger partial charge on any atom is 0.135 e. The molecule has 0 aromatic heterocycles. The van der Waals surface area contributed by atoms with Crippen LogP contribution in [0.15, 0.2) is 48.5 Å². The molecule has 0 atom stereocenters. The molecule has 0 bridgehead atoms. The van der Waals surface area contributed by atoms with Crippen molar-refractivity contribution in [2.24, 2.45) is 5.73 Å². The zero-order valence-electron chi connectivity index (χ0n) is 12.2. The Balaban J connectivity index is 2.44. The first-order valence-corrected chi connectivity index (χ1v) is 7.30. The average molecular weight is 302 g/mol. The number of halogens is 1. The van der Waals surface area contributed by atoms with Gasteiger partial charge in [0.25, 0.3) is 0 Å². The van der Waals surface area contributed by atoms with Gasteiger partial charge >= 0.3 is 0 Å². The standard InChI is InChI=1S/C17H19FN2S/c1-12(2)20(11-13-7-4-3-5-8-13)15-10-6-9-14(18)16(15)17(19)21/h3-10,12H,11H2,1-2H3,(H2,19,21). The summed E-state index contributed by atoms with van der Waals surface area (Å²) in [4.78, 5) is 2.19. The molecule has 0 aliphatic carbocycles. The van der Waals surface area contributed by atoms with Crippen LogP contribution in [0, 0.1) is 5.82 Å². The maximum absolute atomic E-state index is 14.1. The van der Waals surface area contributed by atoms with Gasteiger partial charge in [0.15, 0.2) is 0 Å². The van der Waals surface area contributed by atoms with Gasteiger partial charge in [0.05, 0.1) is 11.3 Å². The Labute approximate surface area is 130 Å². The van der Waals surface area contributed by atoms with Gasteiger partial charge in [-0.2, -0.15) is 0 Å². The molecule has 0 saturated carbocycles. The van der Waals surface area contributed by atoms with Crippen LogP contribution in [-0.2, 0) is 6.54 Å². The van der Waals surface area contributed by atoms with Gasteiger partial charge in [-0.15, -0.1) is 0 Å². The molecule has 2 aromatic carbocycles. The van der Waals surface area contributed by atoms with Gasteiger partial charge in [0.1, 0.15) is 10.8 Å². The van der Waals surface area contributed by atoms with Crippen molar-refractivity contribution in [2.45, 2.75) is 26.4 Å². The normalized spacial score (nSPS) is 10.7.